The number of rotatable bonds is 4. The van der Waals surface area contributed by atoms with Gasteiger partial charge in [0, 0.05) is 32.7 Å². The number of likely N-dealkylation sites (N-methyl/N-ethyl adjacent to an activating group) is 1. The van der Waals surface area contributed by atoms with Gasteiger partial charge in [-0.05, 0) is 12.6 Å². The van der Waals surface area contributed by atoms with Gasteiger partial charge in [-0.1, -0.05) is 13.8 Å². The molecule has 0 unspecified atom stereocenters. The number of nitrogens with one attached hydrogen (secondary N) is 1. The number of nitrogens with zero attached hydrogens (tertiary/aromatic N) is 1. The summed E-state index contributed by atoms with van der Waals surface area (Å²) in [5, 5.41) is 0. The zero-order chi connectivity index (χ0) is 9.07. The van der Waals surface area contributed by atoms with Gasteiger partial charge < -0.3 is 10.6 Å². The molecule has 65 valence electrons. The van der Waals surface area contributed by atoms with Crippen LogP contribution in [0.15, 0.2) is 0 Å². The molecule has 0 saturated heterocycles. The van der Waals surface area contributed by atoms with Crippen LogP contribution in [0.1, 0.15) is 27.7 Å². The predicted molar refractivity (Wildman–Crippen MR) is 45.6 cm³/mol. The molecular formula is C8H18N2Y-2. The Morgan fingerprint density at radius 1 is 1.55 bits per heavy atom. The Bertz CT molecular complexity index is 118. The first-order chi connectivity index (χ1) is 4.91. The Balaban J connectivity index is 0. The van der Waals surface area contributed by atoms with Crippen LogP contribution < -0.4 is 0 Å². The summed E-state index contributed by atoms with van der Waals surface area (Å²) in [7, 11) is 2.03. The Labute approximate surface area is 97.2 Å². The van der Waals surface area contributed by atoms with Gasteiger partial charge in [0.05, 0.1) is 0 Å². The van der Waals surface area contributed by atoms with Gasteiger partial charge in [-0.25, -0.2) is 0 Å². The monoisotopic (exact) mass is 233 g/mol. The van der Waals surface area contributed by atoms with Crippen molar-refractivity contribution >= 4 is 0 Å². The molecule has 1 N–H and O–H groups in total. The maximum atomic E-state index is 6.78. The van der Waals surface area contributed by atoms with E-state index in [4.69, 9.17) is 1.41 Å². The molecule has 2 nitrogen and oxygen atoms in total. The average molecular weight is 233 g/mol. The van der Waals surface area contributed by atoms with Crippen molar-refractivity contribution in [1.29, 1.82) is 0 Å². The molecule has 0 spiro atoms. The molecule has 1 radical (unpaired) electrons. The van der Waals surface area contributed by atoms with Crippen molar-refractivity contribution in [2.24, 2.45) is 0 Å². The minimum Gasteiger partial charge on any atom is -0.676 e. The molecule has 0 aliphatic carbocycles. The Morgan fingerprint density at radius 2 is 2.00 bits per heavy atom. The molecule has 0 aliphatic heterocycles. The fourth-order valence-corrected chi connectivity index (χ4v) is 0.711. The molecular weight excluding hydrogens is 213 g/mol. The zero-order valence-electron chi connectivity index (χ0n) is 9.18. The molecule has 0 saturated carbocycles. The summed E-state index contributed by atoms with van der Waals surface area (Å²) in [6.07, 6.45) is 0. The van der Waals surface area contributed by atoms with Crippen LogP contribution in [-0.2, 0) is 32.7 Å². The van der Waals surface area contributed by atoms with E-state index >= 15 is 0 Å². The third-order valence-corrected chi connectivity index (χ3v) is 1.97. The second kappa shape index (κ2) is 5.63. The molecule has 3 heteroatoms. The fraction of sp³-hybridized carbons (Fsp3) is 0.875. The van der Waals surface area contributed by atoms with Crippen molar-refractivity contribution < 1.29 is 34.1 Å². The molecule has 0 rings (SSSR count). The third kappa shape index (κ3) is 4.56. The zero-order valence-corrected chi connectivity index (χ0v) is 11.0. The van der Waals surface area contributed by atoms with Crippen molar-refractivity contribution in [1.82, 2.24) is 4.90 Å². The molecule has 0 bridgehead atoms. The SMILES string of the molecule is [3H][N-]CC(C)(C)N(C)[C-](C)C.[Y]. The summed E-state index contributed by atoms with van der Waals surface area (Å²) in [4.78, 5) is 2.14. The van der Waals surface area contributed by atoms with Crippen LogP contribution >= 0.6 is 0 Å². The molecule has 0 fully saturated rings. The second-order valence-corrected chi connectivity index (χ2v) is 3.48. The van der Waals surface area contributed by atoms with E-state index in [1.165, 1.54) is 6.04 Å². The normalized spacial score (nSPS) is 13.2. The Morgan fingerprint density at radius 3 is 2.27 bits per heavy atom. The number of hydrogen-bond acceptors (Lipinski definition) is 1. The Kier molecular flexibility index (Phi) is 6.16. The standard InChI is InChI=1S/C8H18N2.Y/c1-7(2)10(5)8(3,4)6-9;/h9H,6H2,1-5H3;/q-2;/i/hT. The van der Waals surface area contributed by atoms with Gasteiger partial charge in [-0.15, -0.1) is 6.54 Å². The van der Waals surface area contributed by atoms with Gasteiger partial charge in [0.15, 0.2) is 0 Å². The van der Waals surface area contributed by atoms with E-state index in [0.29, 0.717) is 6.54 Å². The molecule has 0 aliphatic rings. The maximum Gasteiger partial charge on any atom is 0 e. The topological polar surface area (TPSA) is 27.0 Å². The third-order valence-electron chi connectivity index (χ3n) is 1.97. The summed E-state index contributed by atoms with van der Waals surface area (Å²) in [6, 6.07) is 1.25. The van der Waals surface area contributed by atoms with Crippen LogP contribution in [0.5, 0.6) is 0 Å². The van der Waals surface area contributed by atoms with E-state index in [1.54, 1.807) is 0 Å². The van der Waals surface area contributed by atoms with Gasteiger partial charge >= 0.3 is 0 Å². The van der Waals surface area contributed by atoms with E-state index in [9.17, 15) is 0 Å². The Hall–Kier alpha value is 1.02. The van der Waals surface area contributed by atoms with Crippen LogP contribution in [0.2, 0.25) is 1.41 Å². The first kappa shape index (κ1) is 12.0. The molecule has 0 aromatic carbocycles. The van der Waals surface area contributed by atoms with E-state index in [-0.39, 0.29) is 38.2 Å². The van der Waals surface area contributed by atoms with Crippen molar-refractivity contribution in [3.63, 3.8) is 0 Å². The summed E-state index contributed by atoms with van der Waals surface area (Å²) >= 11 is 0. The molecule has 0 atom stereocenters. The van der Waals surface area contributed by atoms with Gasteiger partial charge in [0.25, 0.3) is 0 Å². The van der Waals surface area contributed by atoms with Crippen LogP contribution in [0.3, 0.4) is 0 Å². The largest absolute Gasteiger partial charge is 0.676 e. The minimum absolute atomic E-state index is 0. The van der Waals surface area contributed by atoms with Crippen LogP contribution in [-0.4, -0.2) is 24.0 Å². The van der Waals surface area contributed by atoms with Crippen molar-refractivity contribution in [3.8, 4) is 0 Å². The number of hydrogen-bond donors (Lipinski definition) is 0. The fourth-order valence-electron chi connectivity index (χ4n) is 0.711. The molecule has 0 amide bonds. The van der Waals surface area contributed by atoms with E-state index in [0.717, 1.165) is 0 Å². The first-order valence-electron chi connectivity index (χ1n) is 4.01. The smallest absolute Gasteiger partial charge is 0 e. The summed E-state index contributed by atoms with van der Waals surface area (Å²) < 4.78 is 6.78. The van der Waals surface area contributed by atoms with Gasteiger partial charge in [-0.2, -0.15) is 15.3 Å². The maximum absolute atomic E-state index is 6.78. The van der Waals surface area contributed by atoms with Crippen molar-refractivity contribution in [3.05, 3.63) is 11.8 Å². The van der Waals surface area contributed by atoms with Gasteiger partial charge in [0.2, 0.25) is 0 Å². The summed E-state index contributed by atoms with van der Waals surface area (Å²) in [5.74, 6) is 0. The minimum atomic E-state index is -0.0272. The van der Waals surface area contributed by atoms with Gasteiger partial charge in [-0.3, -0.25) is 6.04 Å². The summed E-state index contributed by atoms with van der Waals surface area (Å²) in [5.41, 5.74) is 3.38. The van der Waals surface area contributed by atoms with Crippen molar-refractivity contribution in [2.45, 2.75) is 33.2 Å². The van der Waals surface area contributed by atoms with E-state index in [2.05, 4.69) is 38.3 Å². The predicted octanol–water partition coefficient (Wildman–Crippen LogP) is 2.32. The second-order valence-electron chi connectivity index (χ2n) is 3.48. The quantitative estimate of drug-likeness (QED) is 0.684. The first-order valence-corrected chi connectivity index (χ1v) is 3.56. The van der Waals surface area contributed by atoms with Gasteiger partial charge in [0.1, 0.15) is 0 Å². The van der Waals surface area contributed by atoms with E-state index in [1.807, 2.05) is 7.05 Å². The van der Waals surface area contributed by atoms with Crippen LogP contribution in [0, 0.1) is 6.04 Å². The summed E-state index contributed by atoms with van der Waals surface area (Å²) in [6.45, 7) is 8.84. The average Bonchev–Trinajstić information content (AvgIpc) is 1.86. The molecule has 0 aromatic rings. The van der Waals surface area contributed by atoms with E-state index < -0.39 is 0 Å². The van der Waals surface area contributed by atoms with Crippen molar-refractivity contribution in [2.75, 3.05) is 13.6 Å². The molecule has 11 heavy (non-hydrogen) atoms. The molecule has 0 heterocycles. The molecule has 0 aromatic heterocycles. The van der Waals surface area contributed by atoms with Crippen LogP contribution in [0.4, 0.5) is 0 Å². The van der Waals surface area contributed by atoms with Crippen LogP contribution in [0.25, 0.3) is 5.73 Å².